The van der Waals surface area contributed by atoms with Gasteiger partial charge in [0.05, 0.1) is 17.5 Å². The van der Waals surface area contributed by atoms with Gasteiger partial charge in [0.1, 0.15) is 5.76 Å². The Morgan fingerprint density at radius 3 is 2.91 bits per heavy atom. The lowest BCUT2D eigenvalue weighted by Crippen LogP contribution is -2.40. The second-order valence-corrected chi connectivity index (χ2v) is 6.36. The average Bonchev–Trinajstić information content (AvgIpc) is 2.99. The molecule has 1 amide bonds. The topological polar surface area (TPSA) is 75.7 Å². The van der Waals surface area contributed by atoms with Crippen LogP contribution in [0.3, 0.4) is 0 Å². The smallest absolute Gasteiger partial charge is 0.255 e. The van der Waals surface area contributed by atoms with E-state index in [0.29, 0.717) is 18.3 Å². The van der Waals surface area contributed by atoms with E-state index in [-0.39, 0.29) is 22.8 Å². The normalized spacial score (nSPS) is 22.1. The predicted molar refractivity (Wildman–Crippen MR) is 85.0 cm³/mol. The lowest BCUT2D eigenvalue weighted by molar-refractivity contribution is -0.117. The van der Waals surface area contributed by atoms with Crippen molar-refractivity contribution in [3.8, 4) is 0 Å². The number of carbonyl (C=O) groups excluding carboxylic acids is 1. The number of hydrogen-bond acceptors (Lipinski definition) is 5. The number of rotatable bonds is 5. The molecule has 1 heterocycles. The second-order valence-electron chi connectivity index (χ2n) is 5.37. The first-order valence-electron chi connectivity index (χ1n) is 7.50. The quantitative estimate of drug-likeness (QED) is 0.745. The van der Waals surface area contributed by atoms with Gasteiger partial charge in [0.15, 0.2) is 0 Å². The number of likely N-dealkylation sites (tertiary alicyclic amines) is 1. The highest BCUT2D eigenvalue weighted by atomic mass is 32.2. The Hall–Kier alpha value is -1.60. The Balaban J connectivity index is 2.06. The maximum absolute atomic E-state index is 12.4. The van der Waals surface area contributed by atoms with E-state index >= 15 is 0 Å². The molecule has 0 radical (unpaired) electrons. The molecule has 1 N–H and O–H groups in total. The van der Waals surface area contributed by atoms with Crippen LogP contribution in [0.1, 0.15) is 26.2 Å². The highest BCUT2D eigenvalue weighted by Gasteiger charge is 2.25. The minimum Gasteiger partial charge on any atom is -0.496 e. The molecule has 1 aliphatic carbocycles. The maximum atomic E-state index is 12.4. The summed E-state index contributed by atoms with van der Waals surface area (Å²) in [7, 11) is -0.843. The first kappa shape index (κ1) is 16.8. The molecular weight excluding hydrogens is 304 g/mol. The van der Waals surface area contributed by atoms with E-state index in [1.807, 2.05) is 0 Å². The van der Waals surface area contributed by atoms with Crippen LogP contribution in [0.2, 0.25) is 0 Å². The number of nitrogens with one attached hydrogen (secondary N) is 1. The van der Waals surface area contributed by atoms with Crippen LogP contribution in [0.4, 0.5) is 0 Å². The van der Waals surface area contributed by atoms with Gasteiger partial charge in [0.2, 0.25) is 10.3 Å². The Morgan fingerprint density at radius 2 is 2.27 bits per heavy atom. The third-order valence-corrected chi connectivity index (χ3v) is 4.85. The molecule has 1 unspecified atom stereocenters. The zero-order valence-corrected chi connectivity index (χ0v) is 13.8. The molecule has 0 aromatic rings. The number of allylic oxidation sites excluding steroid dienone is 2. The van der Waals surface area contributed by atoms with Crippen molar-refractivity contribution in [1.29, 1.82) is 0 Å². The van der Waals surface area contributed by atoms with Crippen molar-refractivity contribution < 1.29 is 17.9 Å². The molecule has 122 valence electrons. The summed E-state index contributed by atoms with van der Waals surface area (Å²) in [5, 5.41) is 2.90. The van der Waals surface area contributed by atoms with Gasteiger partial charge in [-0.15, -0.1) is 0 Å². The van der Waals surface area contributed by atoms with Gasteiger partial charge in [0.25, 0.3) is 5.91 Å². The van der Waals surface area contributed by atoms with E-state index < -0.39 is 10.3 Å². The summed E-state index contributed by atoms with van der Waals surface area (Å²) in [5.74, 6) is 0.129. The number of hydrogen-bond donors (Lipinski definition) is 1. The van der Waals surface area contributed by atoms with Gasteiger partial charge >= 0.3 is 0 Å². The number of ether oxygens (including phenoxy) is 1. The number of methoxy groups -OCH3 is 1. The standard InChI is InChI=1S/C15H22N2O4S/c1-3-17-8-4-5-11(17)10-16-15(18)13-9-12(22(19)20)6-7-14(13)21-2/h7,9,11H,3-6,8,10H2,1-2H3,(H,16,18). The predicted octanol–water partition coefficient (Wildman–Crippen LogP) is 0.499. The van der Waals surface area contributed by atoms with Crippen LogP contribution >= 0.6 is 0 Å². The summed E-state index contributed by atoms with van der Waals surface area (Å²) >= 11 is 0. The summed E-state index contributed by atoms with van der Waals surface area (Å²) in [6, 6.07) is 0.352. The third kappa shape index (κ3) is 3.78. The Labute approximate surface area is 132 Å². The van der Waals surface area contributed by atoms with Crippen molar-refractivity contribution in [3.05, 3.63) is 23.5 Å². The molecule has 6 nitrogen and oxygen atoms in total. The first-order chi connectivity index (χ1) is 10.6. The molecule has 7 heteroatoms. The zero-order chi connectivity index (χ0) is 16.1. The fraction of sp³-hybridized carbons (Fsp3) is 0.600. The van der Waals surface area contributed by atoms with E-state index in [4.69, 9.17) is 4.74 Å². The Morgan fingerprint density at radius 1 is 1.50 bits per heavy atom. The number of carbonyl (C=O) groups is 1. The molecule has 1 fully saturated rings. The summed E-state index contributed by atoms with van der Waals surface area (Å²) in [5.41, 5.74) is 0.272. The molecule has 1 aliphatic heterocycles. The molecule has 1 atom stereocenters. The van der Waals surface area contributed by atoms with Crippen LogP contribution in [-0.4, -0.2) is 56.9 Å². The Bertz CT molecular complexity index is 626. The van der Waals surface area contributed by atoms with Crippen molar-refractivity contribution in [2.75, 3.05) is 26.7 Å². The lowest BCUT2D eigenvalue weighted by atomic mass is 10.0. The van der Waals surface area contributed by atoms with Gasteiger partial charge in [-0.25, -0.2) is 0 Å². The monoisotopic (exact) mass is 326 g/mol. The van der Waals surface area contributed by atoms with Crippen LogP contribution in [0, 0.1) is 0 Å². The van der Waals surface area contributed by atoms with E-state index in [2.05, 4.69) is 17.1 Å². The largest absolute Gasteiger partial charge is 0.496 e. The van der Waals surface area contributed by atoms with Gasteiger partial charge in [-0.05, 0) is 38.1 Å². The fourth-order valence-electron chi connectivity index (χ4n) is 2.93. The fourth-order valence-corrected chi connectivity index (χ4v) is 3.36. The van der Waals surface area contributed by atoms with Crippen LogP contribution in [-0.2, 0) is 19.8 Å². The summed E-state index contributed by atoms with van der Waals surface area (Å²) in [6.07, 6.45) is 5.48. The van der Waals surface area contributed by atoms with Crippen LogP contribution < -0.4 is 5.32 Å². The van der Waals surface area contributed by atoms with Crippen LogP contribution in [0.15, 0.2) is 23.5 Å². The van der Waals surface area contributed by atoms with E-state index in [9.17, 15) is 13.2 Å². The molecule has 2 rings (SSSR count). The first-order valence-corrected chi connectivity index (χ1v) is 8.57. The van der Waals surface area contributed by atoms with Crippen molar-refractivity contribution in [2.45, 2.75) is 32.2 Å². The minimum atomic E-state index is -2.32. The number of nitrogens with zero attached hydrogens (tertiary/aromatic N) is 1. The van der Waals surface area contributed by atoms with Crippen molar-refractivity contribution in [3.63, 3.8) is 0 Å². The lowest BCUT2D eigenvalue weighted by Gasteiger charge is -2.23. The van der Waals surface area contributed by atoms with Gasteiger partial charge in [-0.2, -0.15) is 8.42 Å². The third-order valence-electron chi connectivity index (χ3n) is 4.14. The van der Waals surface area contributed by atoms with Crippen molar-refractivity contribution >= 4 is 21.1 Å². The summed E-state index contributed by atoms with van der Waals surface area (Å²) < 4.78 is 27.3. The molecule has 0 bridgehead atoms. The molecule has 22 heavy (non-hydrogen) atoms. The SMILES string of the molecule is CCN1CCCC1CNC(=O)C1=CC(=S(=O)=O)CC=C1OC. The minimum absolute atomic E-state index is 0.196. The molecule has 1 saturated heterocycles. The van der Waals surface area contributed by atoms with Crippen LogP contribution in [0.5, 0.6) is 0 Å². The highest BCUT2D eigenvalue weighted by molar-refractivity contribution is 7.73. The molecule has 0 aromatic carbocycles. The van der Waals surface area contributed by atoms with E-state index in [1.165, 1.54) is 13.2 Å². The number of amides is 1. The highest BCUT2D eigenvalue weighted by Crippen LogP contribution is 2.19. The van der Waals surface area contributed by atoms with Gasteiger partial charge < -0.3 is 10.1 Å². The van der Waals surface area contributed by atoms with Gasteiger partial charge in [-0.3, -0.25) is 9.69 Å². The molecular formula is C15H22N2O4S. The maximum Gasteiger partial charge on any atom is 0.255 e. The van der Waals surface area contributed by atoms with Crippen molar-refractivity contribution in [1.82, 2.24) is 10.2 Å². The van der Waals surface area contributed by atoms with E-state index in [1.54, 1.807) is 6.08 Å². The summed E-state index contributed by atoms with van der Waals surface area (Å²) in [6.45, 7) is 4.72. The Kier molecular flexibility index (Phi) is 5.79. The van der Waals surface area contributed by atoms with E-state index in [0.717, 1.165) is 25.9 Å². The second kappa shape index (κ2) is 7.60. The molecule has 0 aromatic heterocycles. The van der Waals surface area contributed by atoms with Gasteiger partial charge in [-0.1, -0.05) is 6.92 Å². The average molecular weight is 326 g/mol. The molecule has 0 saturated carbocycles. The molecule has 0 spiro atoms. The number of likely N-dealkylation sites (N-methyl/N-ethyl adjacent to an activating group) is 1. The van der Waals surface area contributed by atoms with Crippen molar-refractivity contribution in [2.24, 2.45) is 0 Å². The summed E-state index contributed by atoms with van der Waals surface area (Å²) in [4.78, 5) is 14.9. The zero-order valence-electron chi connectivity index (χ0n) is 13.0. The van der Waals surface area contributed by atoms with Gasteiger partial charge in [0, 0.05) is 19.0 Å². The van der Waals surface area contributed by atoms with Crippen LogP contribution in [0.25, 0.3) is 0 Å². The molecule has 2 aliphatic rings.